The van der Waals surface area contributed by atoms with Crippen molar-refractivity contribution >= 4 is 39.1 Å². The monoisotopic (exact) mass is 470 g/mol. The molecule has 0 atom stereocenters. The fourth-order valence-corrected chi connectivity index (χ4v) is 4.94. The van der Waals surface area contributed by atoms with Gasteiger partial charge >= 0.3 is 0 Å². The Morgan fingerprint density at radius 2 is 1.75 bits per heavy atom. The molecular weight excluding hydrogens is 444 g/mol. The number of ether oxygens (including phenoxy) is 1. The van der Waals surface area contributed by atoms with Crippen LogP contribution in [-0.2, 0) is 14.8 Å². The lowest BCUT2D eigenvalue weighted by Crippen LogP contribution is -2.15. The summed E-state index contributed by atoms with van der Waals surface area (Å²) < 4.78 is 33.2. The Bertz CT molecular complexity index is 1190. The number of hydrogen-bond donors (Lipinski definition) is 2. The summed E-state index contributed by atoms with van der Waals surface area (Å²) in [6, 6.07) is 19.5. The molecule has 0 aromatic heterocycles. The van der Waals surface area contributed by atoms with E-state index in [0.29, 0.717) is 34.9 Å². The summed E-state index contributed by atoms with van der Waals surface area (Å²) in [5.74, 6) is 1.10. The number of nitrogens with one attached hydrogen (secondary N) is 2. The van der Waals surface area contributed by atoms with Crippen molar-refractivity contribution in [3.63, 3.8) is 0 Å². The summed E-state index contributed by atoms with van der Waals surface area (Å²) in [6.45, 7) is 3.80. The normalized spacial score (nSPS) is 11.1. The van der Waals surface area contributed by atoms with Crippen LogP contribution in [-0.4, -0.2) is 27.2 Å². The number of aryl methyl sites for hydroxylation is 2. The van der Waals surface area contributed by atoms with E-state index in [-0.39, 0.29) is 10.8 Å². The van der Waals surface area contributed by atoms with Gasteiger partial charge in [-0.25, -0.2) is 8.42 Å². The van der Waals surface area contributed by atoms with Gasteiger partial charge in [0.15, 0.2) is 0 Å². The van der Waals surface area contributed by atoms with Gasteiger partial charge in [-0.05, 0) is 61.9 Å². The van der Waals surface area contributed by atoms with Crippen molar-refractivity contribution in [2.75, 3.05) is 22.9 Å². The maximum Gasteiger partial charge on any atom is 0.261 e. The van der Waals surface area contributed by atoms with Crippen LogP contribution in [0.4, 0.5) is 11.4 Å². The molecule has 8 heteroatoms. The number of carbonyl (C=O) groups is 1. The van der Waals surface area contributed by atoms with Crippen LogP contribution in [0.25, 0.3) is 0 Å². The molecule has 0 saturated carbocycles. The molecule has 0 bridgehead atoms. The zero-order chi connectivity index (χ0) is 23.1. The van der Waals surface area contributed by atoms with Gasteiger partial charge in [0.25, 0.3) is 10.0 Å². The van der Waals surface area contributed by atoms with Gasteiger partial charge in [-0.15, -0.1) is 11.8 Å². The first-order chi connectivity index (χ1) is 15.3. The molecule has 6 nitrogen and oxygen atoms in total. The summed E-state index contributed by atoms with van der Waals surface area (Å²) in [4.78, 5) is 13.6. The van der Waals surface area contributed by atoms with Gasteiger partial charge in [-0.1, -0.05) is 23.8 Å². The van der Waals surface area contributed by atoms with Crippen LogP contribution in [0.5, 0.6) is 5.75 Å². The first-order valence-corrected chi connectivity index (χ1v) is 12.5. The third kappa shape index (κ3) is 6.51. The molecule has 3 rings (SSSR count). The van der Waals surface area contributed by atoms with Crippen LogP contribution in [0.1, 0.15) is 17.5 Å². The number of anilines is 2. The van der Waals surface area contributed by atoms with Gasteiger partial charge in [0.05, 0.1) is 17.7 Å². The second-order valence-corrected chi connectivity index (χ2v) is 10.1. The van der Waals surface area contributed by atoms with Crippen molar-refractivity contribution in [1.82, 2.24) is 0 Å². The molecule has 0 heterocycles. The standard InChI is InChI=1S/C24H26N2O4S2/c1-17-7-9-21(10-8-17)31-14-13-24(27)25-23-12-11-22(15-18(23)2)32(28,29)26-19-5-4-6-20(16-19)30-3/h4-12,15-16,26H,13-14H2,1-3H3,(H,25,27). The summed E-state index contributed by atoms with van der Waals surface area (Å²) in [5.41, 5.74) is 2.87. The molecule has 0 unspecified atom stereocenters. The van der Waals surface area contributed by atoms with Crippen LogP contribution < -0.4 is 14.8 Å². The first kappa shape index (κ1) is 23.7. The average Bonchev–Trinajstić information content (AvgIpc) is 2.76. The lowest BCUT2D eigenvalue weighted by molar-refractivity contribution is -0.115. The van der Waals surface area contributed by atoms with Crippen molar-refractivity contribution in [3.05, 3.63) is 77.9 Å². The zero-order valence-corrected chi connectivity index (χ0v) is 19.8. The number of hydrogen-bond acceptors (Lipinski definition) is 5. The van der Waals surface area contributed by atoms with E-state index in [2.05, 4.69) is 10.0 Å². The van der Waals surface area contributed by atoms with Crippen molar-refractivity contribution < 1.29 is 17.9 Å². The molecule has 0 saturated heterocycles. The molecule has 1 amide bonds. The molecule has 0 aliphatic rings. The Morgan fingerprint density at radius 1 is 1.00 bits per heavy atom. The van der Waals surface area contributed by atoms with E-state index >= 15 is 0 Å². The molecule has 0 radical (unpaired) electrons. The van der Waals surface area contributed by atoms with Crippen LogP contribution in [0.3, 0.4) is 0 Å². The molecular formula is C24H26N2O4S2. The van der Waals surface area contributed by atoms with E-state index in [4.69, 9.17) is 4.74 Å². The van der Waals surface area contributed by atoms with Crippen molar-refractivity contribution in [2.45, 2.75) is 30.1 Å². The van der Waals surface area contributed by atoms with Crippen molar-refractivity contribution in [3.8, 4) is 5.75 Å². The van der Waals surface area contributed by atoms with E-state index in [1.54, 1.807) is 55.1 Å². The largest absolute Gasteiger partial charge is 0.497 e. The number of rotatable bonds is 9. The number of methoxy groups -OCH3 is 1. The van der Waals surface area contributed by atoms with Gasteiger partial charge in [0, 0.05) is 28.8 Å². The Kier molecular flexibility index (Phi) is 7.82. The summed E-state index contributed by atoms with van der Waals surface area (Å²) >= 11 is 1.62. The number of sulfonamides is 1. The number of benzene rings is 3. The third-order valence-electron chi connectivity index (χ3n) is 4.72. The summed E-state index contributed by atoms with van der Waals surface area (Å²) in [7, 11) is -2.26. The number of amides is 1. The highest BCUT2D eigenvalue weighted by atomic mass is 32.2. The molecule has 0 aliphatic carbocycles. The minimum absolute atomic E-state index is 0.113. The van der Waals surface area contributed by atoms with Gasteiger partial charge in [-0.2, -0.15) is 0 Å². The SMILES string of the molecule is COc1cccc(NS(=O)(=O)c2ccc(NC(=O)CCSc3ccc(C)cc3)c(C)c2)c1. The fraction of sp³-hybridized carbons (Fsp3) is 0.208. The quantitative estimate of drug-likeness (QED) is 0.418. The molecule has 3 aromatic carbocycles. The van der Waals surface area contributed by atoms with E-state index in [1.165, 1.54) is 18.7 Å². The van der Waals surface area contributed by atoms with E-state index in [0.717, 1.165) is 4.90 Å². The van der Waals surface area contributed by atoms with Crippen molar-refractivity contribution in [1.29, 1.82) is 0 Å². The Balaban J connectivity index is 1.59. The highest BCUT2D eigenvalue weighted by molar-refractivity contribution is 7.99. The summed E-state index contributed by atoms with van der Waals surface area (Å²) in [5, 5.41) is 2.86. The topological polar surface area (TPSA) is 84.5 Å². The van der Waals surface area contributed by atoms with E-state index in [1.807, 2.05) is 31.2 Å². The minimum atomic E-state index is -3.78. The minimum Gasteiger partial charge on any atom is -0.497 e. The van der Waals surface area contributed by atoms with Crippen molar-refractivity contribution in [2.24, 2.45) is 0 Å². The fourth-order valence-electron chi connectivity index (χ4n) is 2.95. The molecule has 0 fully saturated rings. The van der Waals surface area contributed by atoms with E-state index in [9.17, 15) is 13.2 Å². The highest BCUT2D eigenvalue weighted by Gasteiger charge is 2.16. The molecule has 0 spiro atoms. The molecule has 3 aromatic rings. The molecule has 2 N–H and O–H groups in total. The Hall–Kier alpha value is -2.97. The number of carbonyl (C=O) groups excluding carboxylic acids is 1. The Labute approximate surface area is 193 Å². The maximum absolute atomic E-state index is 12.7. The molecule has 32 heavy (non-hydrogen) atoms. The second-order valence-electron chi connectivity index (χ2n) is 7.27. The Morgan fingerprint density at radius 3 is 2.44 bits per heavy atom. The van der Waals surface area contributed by atoms with Crippen LogP contribution in [0.2, 0.25) is 0 Å². The molecule has 0 aliphatic heterocycles. The van der Waals surface area contributed by atoms with Crippen LogP contribution >= 0.6 is 11.8 Å². The lowest BCUT2D eigenvalue weighted by atomic mass is 10.2. The van der Waals surface area contributed by atoms with Crippen LogP contribution in [0, 0.1) is 13.8 Å². The first-order valence-electron chi connectivity index (χ1n) is 10.0. The van der Waals surface area contributed by atoms with Crippen LogP contribution in [0.15, 0.2) is 76.5 Å². The smallest absolute Gasteiger partial charge is 0.261 e. The highest BCUT2D eigenvalue weighted by Crippen LogP contribution is 2.24. The van der Waals surface area contributed by atoms with Gasteiger partial charge < -0.3 is 10.1 Å². The second kappa shape index (κ2) is 10.6. The average molecular weight is 471 g/mol. The number of thioether (sulfide) groups is 1. The maximum atomic E-state index is 12.7. The lowest BCUT2D eigenvalue weighted by Gasteiger charge is -2.12. The van der Waals surface area contributed by atoms with E-state index < -0.39 is 10.0 Å². The third-order valence-corrected chi connectivity index (χ3v) is 7.12. The predicted molar refractivity (Wildman–Crippen MR) is 130 cm³/mol. The van der Waals surface area contributed by atoms with Gasteiger partial charge in [0.1, 0.15) is 5.75 Å². The predicted octanol–water partition coefficient (Wildman–Crippen LogP) is 5.23. The molecule has 168 valence electrons. The summed E-state index contributed by atoms with van der Waals surface area (Å²) in [6.07, 6.45) is 0.357. The van der Waals surface area contributed by atoms with Gasteiger partial charge in [-0.3, -0.25) is 9.52 Å². The zero-order valence-electron chi connectivity index (χ0n) is 18.2. The van der Waals surface area contributed by atoms with Gasteiger partial charge in [0.2, 0.25) is 5.91 Å².